The van der Waals surface area contributed by atoms with E-state index in [0.717, 1.165) is 11.3 Å². The zero-order valence-corrected chi connectivity index (χ0v) is 17.4. The molecule has 1 saturated heterocycles. The number of nitrogens with one attached hydrogen (secondary N) is 1. The van der Waals surface area contributed by atoms with Crippen molar-refractivity contribution in [2.45, 2.75) is 33.2 Å². The Morgan fingerprint density at radius 3 is 2.64 bits per heavy atom. The molecule has 6 nitrogen and oxygen atoms in total. The Labute approximate surface area is 170 Å². The normalized spacial score (nSPS) is 14.4. The van der Waals surface area contributed by atoms with Gasteiger partial charge in [0.25, 0.3) is 5.91 Å². The first-order valence-corrected chi connectivity index (χ1v) is 10.7. The van der Waals surface area contributed by atoms with Gasteiger partial charge in [-0.25, -0.2) is 4.98 Å². The molecule has 1 N–H and O–H groups in total. The highest BCUT2D eigenvalue weighted by molar-refractivity contribution is 7.09. The Hall–Kier alpha value is -2.41. The van der Waals surface area contributed by atoms with Crippen LogP contribution >= 0.6 is 11.3 Å². The third-order valence-electron chi connectivity index (χ3n) is 4.90. The standard InChI is InChI=1S/C21H28N4O2S/c1-16(2)7-8-19(26)24-10-12-25(13-11-24)20-18(6-3-9-22-20)21(27)23-15-17-5-4-14-28-17/h3-6,9,14,16H,7-8,10-13,15H2,1-2H3,(H,23,27). The maximum Gasteiger partial charge on any atom is 0.255 e. The van der Waals surface area contributed by atoms with Gasteiger partial charge in [0.1, 0.15) is 5.82 Å². The van der Waals surface area contributed by atoms with Crippen LogP contribution in [-0.2, 0) is 11.3 Å². The maximum atomic E-state index is 12.7. The first-order chi connectivity index (χ1) is 13.5. The molecule has 0 radical (unpaired) electrons. The summed E-state index contributed by atoms with van der Waals surface area (Å²) in [4.78, 5) is 34.6. The van der Waals surface area contributed by atoms with E-state index in [1.165, 1.54) is 0 Å². The van der Waals surface area contributed by atoms with Crippen LogP contribution in [0.25, 0.3) is 0 Å². The van der Waals surface area contributed by atoms with Crippen molar-refractivity contribution < 1.29 is 9.59 Å². The predicted octanol–water partition coefficient (Wildman–Crippen LogP) is 3.16. The fourth-order valence-corrected chi connectivity index (χ4v) is 3.88. The van der Waals surface area contributed by atoms with Crippen LogP contribution in [0.5, 0.6) is 0 Å². The minimum atomic E-state index is -0.119. The summed E-state index contributed by atoms with van der Waals surface area (Å²) in [5.74, 6) is 1.34. The summed E-state index contributed by atoms with van der Waals surface area (Å²) in [6.45, 7) is 7.51. The van der Waals surface area contributed by atoms with Crippen molar-refractivity contribution in [3.8, 4) is 0 Å². The smallest absolute Gasteiger partial charge is 0.255 e. The first kappa shape index (κ1) is 20.3. The van der Waals surface area contributed by atoms with Gasteiger partial charge in [-0.1, -0.05) is 19.9 Å². The number of anilines is 1. The fraction of sp³-hybridized carbons (Fsp3) is 0.476. The third-order valence-corrected chi connectivity index (χ3v) is 5.78. The van der Waals surface area contributed by atoms with E-state index in [2.05, 4.69) is 29.0 Å². The number of piperazine rings is 1. The van der Waals surface area contributed by atoms with E-state index >= 15 is 0 Å². The molecule has 0 spiro atoms. The number of carbonyl (C=O) groups excluding carboxylic acids is 2. The SMILES string of the molecule is CC(C)CCC(=O)N1CCN(c2ncccc2C(=O)NCc2cccs2)CC1. The van der Waals surface area contributed by atoms with Gasteiger partial charge in [0.2, 0.25) is 5.91 Å². The van der Waals surface area contributed by atoms with E-state index in [0.29, 0.717) is 56.4 Å². The maximum absolute atomic E-state index is 12.7. The number of hydrogen-bond acceptors (Lipinski definition) is 5. The number of carbonyl (C=O) groups is 2. The molecule has 0 aliphatic carbocycles. The van der Waals surface area contributed by atoms with E-state index in [1.807, 2.05) is 28.5 Å². The number of hydrogen-bond donors (Lipinski definition) is 1. The van der Waals surface area contributed by atoms with E-state index in [-0.39, 0.29) is 11.8 Å². The van der Waals surface area contributed by atoms with Crippen molar-refractivity contribution in [1.29, 1.82) is 0 Å². The van der Waals surface area contributed by atoms with Gasteiger partial charge in [-0.2, -0.15) is 0 Å². The van der Waals surface area contributed by atoms with Crippen LogP contribution in [0.15, 0.2) is 35.8 Å². The number of pyridine rings is 1. The zero-order valence-electron chi connectivity index (χ0n) is 16.6. The second kappa shape index (κ2) is 9.68. The van der Waals surface area contributed by atoms with Crippen LogP contribution in [0.4, 0.5) is 5.82 Å². The highest BCUT2D eigenvalue weighted by atomic mass is 32.1. The molecule has 7 heteroatoms. The Balaban J connectivity index is 1.59. The summed E-state index contributed by atoms with van der Waals surface area (Å²) in [6.07, 6.45) is 3.25. The minimum absolute atomic E-state index is 0.119. The second-order valence-electron chi connectivity index (χ2n) is 7.44. The van der Waals surface area contributed by atoms with Crippen molar-refractivity contribution in [3.05, 3.63) is 46.3 Å². The summed E-state index contributed by atoms with van der Waals surface area (Å²) < 4.78 is 0. The first-order valence-electron chi connectivity index (χ1n) is 9.83. The molecule has 1 fully saturated rings. The summed E-state index contributed by atoms with van der Waals surface area (Å²) >= 11 is 1.62. The van der Waals surface area contributed by atoms with Gasteiger partial charge in [-0.05, 0) is 35.9 Å². The van der Waals surface area contributed by atoms with Crippen molar-refractivity contribution >= 4 is 29.0 Å². The van der Waals surface area contributed by atoms with Crippen molar-refractivity contribution in [3.63, 3.8) is 0 Å². The quantitative estimate of drug-likeness (QED) is 0.775. The molecule has 2 aromatic heterocycles. The van der Waals surface area contributed by atoms with Gasteiger partial charge < -0.3 is 15.1 Å². The van der Waals surface area contributed by atoms with E-state index in [1.54, 1.807) is 23.6 Å². The molecule has 3 rings (SSSR count). The highest BCUT2D eigenvalue weighted by Gasteiger charge is 2.24. The lowest BCUT2D eigenvalue weighted by Gasteiger charge is -2.36. The van der Waals surface area contributed by atoms with Crippen LogP contribution in [0.2, 0.25) is 0 Å². The molecule has 0 aromatic carbocycles. The molecule has 2 amide bonds. The van der Waals surface area contributed by atoms with Crippen LogP contribution < -0.4 is 10.2 Å². The summed E-state index contributed by atoms with van der Waals surface area (Å²) in [7, 11) is 0. The number of amides is 2. The molecular formula is C21H28N4O2S. The lowest BCUT2D eigenvalue weighted by molar-refractivity contribution is -0.131. The molecule has 0 bridgehead atoms. The molecule has 3 heterocycles. The molecular weight excluding hydrogens is 372 g/mol. The van der Waals surface area contributed by atoms with Crippen molar-refractivity contribution in [2.75, 3.05) is 31.1 Å². The Bertz CT molecular complexity index is 783. The molecule has 0 unspecified atom stereocenters. The molecule has 2 aromatic rings. The van der Waals surface area contributed by atoms with Gasteiger partial charge >= 0.3 is 0 Å². The molecule has 0 saturated carbocycles. The summed E-state index contributed by atoms with van der Waals surface area (Å²) in [5.41, 5.74) is 0.582. The largest absolute Gasteiger partial charge is 0.352 e. The van der Waals surface area contributed by atoms with Crippen LogP contribution in [0, 0.1) is 5.92 Å². The average Bonchev–Trinajstić information content (AvgIpc) is 3.24. The third kappa shape index (κ3) is 5.32. The number of aromatic nitrogens is 1. The van der Waals surface area contributed by atoms with Gasteiger partial charge in [-0.3, -0.25) is 9.59 Å². The topological polar surface area (TPSA) is 65.5 Å². The fourth-order valence-electron chi connectivity index (χ4n) is 3.24. The highest BCUT2D eigenvalue weighted by Crippen LogP contribution is 2.20. The Kier molecular flexibility index (Phi) is 7.03. The Morgan fingerprint density at radius 1 is 1.18 bits per heavy atom. The second-order valence-corrected chi connectivity index (χ2v) is 8.47. The van der Waals surface area contributed by atoms with E-state index in [9.17, 15) is 9.59 Å². The minimum Gasteiger partial charge on any atom is -0.352 e. The average molecular weight is 401 g/mol. The molecule has 150 valence electrons. The lowest BCUT2D eigenvalue weighted by atomic mass is 10.1. The Morgan fingerprint density at radius 2 is 1.96 bits per heavy atom. The monoisotopic (exact) mass is 400 g/mol. The van der Waals surface area contributed by atoms with Crippen molar-refractivity contribution in [1.82, 2.24) is 15.2 Å². The molecule has 1 aliphatic rings. The van der Waals surface area contributed by atoms with Gasteiger partial charge in [0.15, 0.2) is 0 Å². The number of nitrogens with zero attached hydrogens (tertiary/aromatic N) is 3. The van der Waals surface area contributed by atoms with Crippen molar-refractivity contribution in [2.24, 2.45) is 5.92 Å². The van der Waals surface area contributed by atoms with Crippen LogP contribution in [0.1, 0.15) is 41.9 Å². The van der Waals surface area contributed by atoms with Crippen LogP contribution in [0.3, 0.4) is 0 Å². The van der Waals surface area contributed by atoms with E-state index < -0.39 is 0 Å². The lowest BCUT2D eigenvalue weighted by Crippen LogP contribution is -2.49. The predicted molar refractivity (Wildman–Crippen MR) is 113 cm³/mol. The molecule has 0 atom stereocenters. The molecule has 28 heavy (non-hydrogen) atoms. The number of thiophene rings is 1. The van der Waals surface area contributed by atoms with Gasteiger partial charge in [0, 0.05) is 43.7 Å². The van der Waals surface area contributed by atoms with Gasteiger partial charge in [-0.15, -0.1) is 11.3 Å². The van der Waals surface area contributed by atoms with Gasteiger partial charge in [0.05, 0.1) is 12.1 Å². The van der Waals surface area contributed by atoms with E-state index in [4.69, 9.17) is 0 Å². The zero-order chi connectivity index (χ0) is 19.9. The molecule has 1 aliphatic heterocycles. The summed E-state index contributed by atoms with van der Waals surface area (Å²) in [5, 5.41) is 4.97. The summed E-state index contributed by atoms with van der Waals surface area (Å²) in [6, 6.07) is 7.58. The van der Waals surface area contributed by atoms with Crippen LogP contribution in [-0.4, -0.2) is 47.9 Å². The number of rotatable bonds is 7.